The first kappa shape index (κ1) is 34.0. The fourth-order valence-corrected chi connectivity index (χ4v) is 9.52. The number of benzene rings is 1. The van der Waals surface area contributed by atoms with Crippen molar-refractivity contribution in [2.24, 2.45) is 5.92 Å². The Hall–Kier alpha value is -2.18. The molecule has 1 aromatic carbocycles. The van der Waals surface area contributed by atoms with E-state index >= 15 is 0 Å². The molecule has 0 radical (unpaired) electrons. The second-order valence-electron chi connectivity index (χ2n) is 12.6. The summed E-state index contributed by atoms with van der Waals surface area (Å²) < 4.78 is 11.5. The molecule has 0 saturated heterocycles. The van der Waals surface area contributed by atoms with Crippen LogP contribution in [0.15, 0.2) is 36.4 Å². The van der Waals surface area contributed by atoms with Crippen LogP contribution in [0.5, 0.6) is 0 Å². The average Bonchev–Trinajstić information content (AvgIpc) is 2.92. The Morgan fingerprint density at radius 1 is 0.875 bits per heavy atom. The second kappa shape index (κ2) is 16.9. The smallest absolute Gasteiger partial charge is 0.333 e. The molecule has 40 heavy (non-hydrogen) atoms. The molecule has 1 fully saturated rings. The lowest BCUT2D eigenvalue weighted by Gasteiger charge is -2.33. The van der Waals surface area contributed by atoms with E-state index in [2.05, 4.69) is 45.3 Å². The molecule has 0 amide bonds. The van der Waals surface area contributed by atoms with Crippen LogP contribution in [0.4, 0.5) is 0 Å². The van der Waals surface area contributed by atoms with Crippen molar-refractivity contribution < 1.29 is 24.2 Å². The van der Waals surface area contributed by atoms with Gasteiger partial charge in [-0.1, -0.05) is 89.9 Å². The first-order valence-corrected chi connectivity index (χ1v) is 18.6. The molecule has 0 aromatic heterocycles. The fourth-order valence-electron chi connectivity index (χ4n) is 6.11. The Bertz CT molecular complexity index is 953. The van der Waals surface area contributed by atoms with E-state index in [1.165, 1.54) is 49.3 Å². The van der Waals surface area contributed by atoms with Crippen molar-refractivity contribution in [3.05, 3.63) is 53.1 Å². The van der Waals surface area contributed by atoms with Gasteiger partial charge in [0.15, 0.2) is 0 Å². The van der Waals surface area contributed by atoms with Crippen molar-refractivity contribution in [3.8, 4) is 0 Å². The number of hydrogen-bond donors (Lipinski definition) is 1. The van der Waals surface area contributed by atoms with E-state index in [0.29, 0.717) is 17.1 Å². The number of rotatable bonds is 17. The van der Waals surface area contributed by atoms with Crippen LogP contribution in [-0.2, 0) is 32.3 Å². The molecule has 1 aromatic rings. The van der Waals surface area contributed by atoms with Gasteiger partial charge in [-0.05, 0) is 79.7 Å². The number of ether oxygens (including phenoxy) is 2. The lowest BCUT2D eigenvalue weighted by molar-refractivity contribution is -0.140. The Morgan fingerprint density at radius 2 is 1.43 bits per heavy atom. The van der Waals surface area contributed by atoms with Crippen LogP contribution in [0.3, 0.4) is 0 Å². The quantitative estimate of drug-likeness (QED) is 0.0893. The number of esters is 2. The van der Waals surface area contributed by atoms with Gasteiger partial charge in [0, 0.05) is 17.8 Å². The van der Waals surface area contributed by atoms with Gasteiger partial charge in [-0.15, -0.1) is 0 Å². The minimum absolute atomic E-state index is 0.190. The zero-order valence-electron chi connectivity index (χ0n) is 25.9. The summed E-state index contributed by atoms with van der Waals surface area (Å²) in [5.41, 5.74) is 4.11. The van der Waals surface area contributed by atoms with E-state index in [4.69, 9.17) is 9.47 Å². The molecular weight excluding hydrogens is 516 g/mol. The lowest BCUT2D eigenvalue weighted by atomic mass is 9.76. The highest BCUT2D eigenvalue weighted by molar-refractivity contribution is 6.90. The van der Waals surface area contributed by atoms with Crippen molar-refractivity contribution in [2.75, 3.05) is 6.61 Å². The molecule has 1 aliphatic carbocycles. The van der Waals surface area contributed by atoms with Crippen molar-refractivity contribution >= 4 is 25.2 Å². The van der Waals surface area contributed by atoms with Gasteiger partial charge in [-0.2, -0.15) is 0 Å². The summed E-state index contributed by atoms with van der Waals surface area (Å²) in [6.07, 6.45) is 12.9. The summed E-state index contributed by atoms with van der Waals surface area (Å²) in [6.45, 7) is 18.4. The van der Waals surface area contributed by atoms with Crippen LogP contribution in [0.2, 0.25) is 19.1 Å². The van der Waals surface area contributed by atoms with E-state index in [1.54, 1.807) is 13.8 Å². The van der Waals surface area contributed by atoms with Gasteiger partial charge >= 0.3 is 11.9 Å². The summed E-state index contributed by atoms with van der Waals surface area (Å²) in [7, 11) is -2.03. The van der Waals surface area contributed by atoms with Crippen molar-refractivity contribution in [1.82, 2.24) is 0 Å². The highest BCUT2D eigenvalue weighted by Gasteiger charge is 2.31. The molecular formula is C34H54O5Si. The molecule has 1 saturated carbocycles. The van der Waals surface area contributed by atoms with Crippen LogP contribution in [0.25, 0.3) is 0 Å². The number of aliphatic hydroxyl groups excluding tert-OH is 1. The molecule has 224 valence electrons. The predicted molar refractivity (Wildman–Crippen MR) is 167 cm³/mol. The van der Waals surface area contributed by atoms with E-state index in [9.17, 15) is 14.7 Å². The largest absolute Gasteiger partial charge is 0.457 e. The summed E-state index contributed by atoms with van der Waals surface area (Å²) >= 11 is 0. The lowest BCUT2D eigenvalue weighted by Crippen LogP contribution is -2.46. The topological polar surface area (TPSA) is 72.8 Å². The van der Waals surface area contributed by atoms with E-state index < -0.39 is 8.07 Å². The monoisotopic (exact) mass is 570 g/mol. The molecule has 0 bridgehead atoms. The number of unbranched alkanes of at least 4 members (excludes halogenated alkanes) is 4. The predicted octanol–water partition coefficient (Wildman–Crippen LogP) is 7.86. The zero-order chi connectivity index (χ0) is 29.7. The Kier molecular flexibility index (Phi) is 14.4. The van der Waals surface area contributed by atoms with Gasteiger partial charge < -0.3 is 14.6 Å². The van der Waals surface area contributed by atoms with Crippen LogP contribution in [-0.4, -0.2) is 31.7 Å². The van der Waals surface area contributed by atoms with Gasteiger partial charge in [0.1, 0.15) is 13.2 Å². The number of carbonyl (C=O) groups is 2. The van der Waals surface area contributed by atoms with Crippen LogP contribution in [0.1, 0.15) is 114 Å². The third-order valence-corrected chi connectivity index (χ3v) is 12.0. The SMILES string of the molecule is C=C(C)C(=O)OCc1cc(C2CCC(CCCCC)CC2)cc(COC(=O)C(=C)C)c1[Si](C)(C)CCCCCO. The van der Waals surface area contributed by atoms with Crippen molar-refractivity contribution in [1.29, 1.82) is 0 Å². The van der Waals surface area contributed by atoms with E-state index in [1.807, 2.05) is 0 Å². The molecule has 0 heterocycles. The molecule has 0 aliphatic heterocycles. The van der Waals surface area contributed by atoms with Gasteiger partial charge in [0.25, 0.3) is 0 Å². The van der Waals surface area contributed by atoms with Gasteiger partial charge in [0.05, 0.1) is 8.07 Å². The summed E-state index contributed by atoms with van der Waals surface area (Å²) in [6, 6.07) is 5.59. The molecule has 6 heteroatoms. The fraction of sp³-hybridized carbons (Fsp3) is 0.647. The molecule has 1 aliphatic rings. The summed E-state index contributed by atoms with van der Waals surface area (Å²) in [5, 5.41) is 10.5. The third kappa shape index (κ3) is 10.7. The summed E-state index contributed by atoms with van der Waals surface area (Å²) in [5.74, 6) is 0.500. The number of aliphatic hydroxyl groups is 1. The minimum atomic E-state index is -2.03. The average molecular weight is 571 g/mol. The van der Waals surface area contributed by atoms with Crippen LogP contribution in [0, 0.1) is 5.92 Å². The maximum Gasteiger partial charge on any atom is 0.333 e. The molecule has 5 nitrogen and oxygen atoms in total. The Labute approximate surface area is 244 Å². The first-order valence-electron chi connectivity index (χ1n) is 15.4. The first-order chi connectivity index (χ1) is 19.0. The Balaban J connectivity index is 2.45. The molecule has 0 atom stereocenters. The van der Waals surface area contributed by atoms with Gasteiger partial charge in [-0.3, -0.25) is 0 Å². The standard InChI is InChI=1S/C34H54O5Si/c1-8-9-11-14-27-15-17-28(18-16-27)29-21-30(23-38-33(36)25(2)3)32(40(6,7)20-13-10-12-19-35)31(22-29)24-39-34(37)26(4)5/h21-22,27-28,35H,2,4,8-20,23-24H2,1,3,5-7H3. The van der Waals surface area contributed by atoms with E-state index in [-0.39, 0.29) is 31.8 Å². The van der Waals surface area contributed by atoms with Crippen LogP contribution >= 0.6 is 0 Å². The number of carbonyl (C=O) groups excluding carboxylic acids is 2. The molecule has 1 N–H and O–H groups in total. The molecule has 0 unspecified atom stereocenters. The minimum Gasteiger partial charge on any atom is -0.457 e. The van der Waals surface area contributed by atoms with Crippen molar-refractivity contribution in [2.45, 2.75) is 130 Å². The Morgan fingerprint density at radius 3 is 1.90 bits per heavy atom. The highest BCUT2D eigenvalue weighted by Crippen LogP contribution is 2.39. The second-order valence-corrected chi connectivity index (χ2v) is 17.3. The normalized spacial score (nSPS) is 17.4. The van der Waals surface area contributed by atoms with Crippen molar-refractivity contribution in [3.63, 3.8) is 0 Å². The molecule has 2 rings (SSSR count). The van der Waals surface area contributed by atoms with Crippen LogP contribution < -0.4 is 5.19 Å². The zero-order valence-corrected chi connectivity index (χ0v) is 26.9. The highest BCUT2D eigenvalue weighted by atomic mass is 28.3. The summed E-state index contributed by atoms with van der Waals surface area (Å²) in [4.78, 5) is 24.8. The van der Waals surface area contributed by atoms with E-state index in [0.717, 1.165) is 55.2 Å². The van der Waals surface area contributed by atoms with Gasteiger partial charge in [-0.25, -0.2) is 9.59 Å². The number of hydrogen-bond acceptors (Lipinski definition) is 5. The molecule has 0 spiro atoms. The maximum absolute atomic E-state index is 12.4. The third-order valence-electron chi connectivity index (χ3n) is 8.41. The van der Waals surface area contributed by atoms with Gasteiger partial charge in [0.2, 0.25) is 0 Å². The maximum atomic E-state index is 12.4.